The molecule has 0 amide bonds. The molecule has 0 fully saturated rings. The van der Waals surface area contributed by atoms with Crippen LogP contribution in [0.4, 0.5) is 11.4 Å². The van der Waals surface area contributed by atoms with E-state index in [0.29, 0.717) is 0 Å². The fourth-order valence-electron chi connectivity index (χ4n) is 3.87. The highest BCUT2D eigenvalue weighted by Gasteiger charge is 2.51. The van der Waals surface area contributed by atoms with E-state index in [1.54, 1.807) is 6.92 Å². The molecule has 0 saturated carbocycles. The van der Waals surface area contributed by atoms with E-state index in [1.807, 2.05) is 76.8 Å². The third-order valence-electron chi connectivity index (χ3n) is 5.58. The number of allylic oxidation sites excluding steroid dienone is 1. The maximum absolute atomic E-state index is 12.8. The van der Waals surface area contributed by atoms with Crippen molar-refractivity contribution in [1.82, 2.24) is 0 Å². The zero-order valence-corrected chi connectivity index (χ0v) is 21.7. The largest absolute Gasteiger partial charge is 0.461 e. The van der Waals surface area contributed by atoms with Crippen molar-refractivity contribution >= 4 is 55.8 Å². The van der Waals surface area contributed by atoms with Crippen LogP contribution in [0, 0.1) is 6.92 Å². The Hall–Kier alpha value is -3.36. The number of hydrogen-bond donors (Lipinski definition) is 0. The van der Waals surface area contributed by atoms with Crippen molar-refractivity contribution in [2.75, 3.05) is 16.6 Å². The number of rotatable bonds is 5. The van der Waals surface area contributed by atoms with Gasteiger partial charge in [-0.05, 0) is 74.2 Å². The average molecular weight is 547 g/mol. The van der Waals surface area contributed by atoms with Crippen LogP contribution in [-0.4, -0.2) is 28.3 Å². The molecule has 2 aliphatic rings. The summed E-state index contributed by atoms with van der Waals surface area (Å²) >= 11 is 4.82. The first-order valence-corrected chi connectivity index (χ1v) is 12.8. The summed E-state index contributed by atoms with van der Waals surface area (Å²) in [5, 5.41) is 13.8. The Balaban J connectivity index is 1.65. The fourth-order valence-corrected chi connectivity index (χ4v) is 5.28. The highest BCUT2D eigenvalue weighted by atomic mass is 79.9. The van der Waals surface area contributed by atoms with Crippen LogP contribution in [0.15, 0.2) is 106 Å². The Morgan fingerprint density at radius 2 is 1.60 bits per heavy atom. The summed E-state index contributed by atoms with van der Waals surface area (Å²) in [5.74, 6) is -0.453. The highest BCUT2D eigenvalue weighted by Crippen LogP contribution is 2.48. The van der Waals surface area contributed by atoms with E-state index < -0.39 is 11.0 Å². The average Bonchev–Trinajstić information content (AvgIpc) is 3.26. The molecule has 0 bridgehead atoms. The summed E-state index contributed by atoms with van der Waals surface area (Å²) < 4.78 is 6.26. The number of hydrogen-bond acceptors (Lipinski definition) is 7. The van der Waals surface area contributed by atoms with Gasteiger partial charge in [-0.25, -0.2) is 14.8 Å². The van der Waals surface area contributed by atoms with E-state index in [1.165, 1.54) is 17.3 Å². The fraction of sp³-hybridized carbons (Fsp3) is 0.148. The number of hydrazone groups is 2. The van der Waals surface area contributed by atoms with Crippen LogP contribution >= 0.6 is 27.7 Å². The Labute approximate surface area is 217 Å². The number of thioether (sulfide) groups is 1. The van der Waals surface area contributed by atoms with Crippen LogP contribution in [0.25, 0.3) is 0 Å². The van der Waals surface area contributed by atoms with Gasteiger partial charge in [0.2, 0.25) is 10.0 Å². The molecule has 0 saturated heterocycles. The summed E-state index contributed by atoms with van der Waals surface area (Å²) in [6, 6.07) is 26.0. The molecule has 0 aromatic heterocycles. The van der Waals surface area contributed by atoms with Gasteiger partial charge < -0.3 is 4.74 Å². The molecule has 2 aliphatic heterocycles. The smallest absolute Gasteiger partial charge is 0.365 e. The van der Waals surface area contributed by atoms with Crippen LogP contribution in [0.5, 0.6) is 0 Å². The molecule has 6 nitrogen and oxygen atoms in total. The summed E-state index contributed by atoms with van der Waals surface area (Å²) in [5.41, 5.74) is 4.70. The Bertz CT molecular complexity index is 1320. The zero-order chi connectivity index (χ0) is 24.4. The number of benzene rings is 3. The lowest BCUT2D eigenvalue weighted by atomic mass is 10.1. The van der Waals surface area contributed by atoms with Crippen LogP contribution in [0.2, 0.25) is 0 Å². The maximum atomic E-state index is 12.8. The number of anilines is 2. The molecule has 1 atom stereocenters. The number of halogens is 1. The molecule has 1 spiro atoms. The number of carbonyl (C=O) groups is 1. The van der Waals surface area contributed by atoms with Crippen molar-refractivity contribution < 1.29 is 9.53 Å². The molecule has 8 heteroatoms. The van der Waals surface area contributed by atoms with Gasteiger partial charge in [0.15, 0.2) is 0 Å². The molecular formula is C27H23BrN4O2S. The van der Waals surface area contributed by atoms with Crippen molar-refractivity contribution in [3.05, 3.63) is 107 Å². The van der Waals surface area contributed by atoms with Gasteiger partial charge in [-0.1, -0.05) is 64.0 Å². The minimum Gasteiger partial charge on any atom is -0.461 e. The van der Waals surface area contributed by atoms with Crippen molar-refractivity contribution in [1.29, 1.82) is 0 Å². The number of esters is 1. The Morgan fingerprint density at radius 3 is 2.29 bits per heavy atom. The van der Waals surface area contributed by atoms with Gasteiger partial charge >= 0.3 is 5.97 Å². The van der Waals surface area contributed by atoms with E-state index in [0.717, 1.165) is 27.1 Å². The topological polar surface area (TPSA) is 57.5 Å². The van der Waals surface area contributed by atoms with E-state index in [4.69, 9.17) is 14.9 Å². The van der Waals surface area contributed by atoms with Gasteiger partial charge in [0.25, 0.3) is 0 Å². The molecule has 2 heterocycles. The van der Waals surface area contributed by atoms with Crippen molar-refractivity contribution in [3.8, 4) is 0 Å². The van der Waals surface area contributed by atoms with Gasteiger partial charge in [0.1, 0.15) is 0 Å². The van der Waals surface area contributed by atoms with Crippen molar-refractivity contribution in [2.45, 2.75) is 18.8 Å². The lowest BCUT2D eigenvalue weighted by Crippen LogP contribution is -2.53. The predicted octanol–water partition coefficient (Wildman–Crippen LogP) is 6.32. The Kier molecular flexibility index (Phi) is 6.49. The maximum Gasteiger partial charge on any atom is 0.365 e. The molecule has 3 aromatic rings. The standard InChI is InChI=1S/C27H23BrN4O2S/c1-3-34-26(33)25-30-32(23-15-13-21(28)14-16-23)27(35-25)18-17-24(20-11-9-19(2)10-12-20)29-31(27)22-7-5-4-6-8-22/h4-18H,3H2,1-2H3/t27-/m1/s1. The van der Waals surface area contributed by atoms with Crippen molar-refractivity contribution in [3.63, 3.8) is 0 Å². The summed E-state index contributed by atoms with van der Waals surface area (Å²) in [7, 11) is 0. The van der Waals surface area contributed by atoms with E-state index >= 15 is 0 Å². The van der Waals surface area contributed by atoms with E-state index in [2.05, 4.69) is 47.1 Å². The molecule has 0 radical (unpaired) electrons. The lowest BCUT2D eigenvalue weighted by molar-refractivity contribution is -0.134. The first kappa shape index (κ1) is 23.4. The number of nitrogens with zero attached hydrogens (tertiary/aromatic N) is 4. The highest BCUT2D eigenvalue weighted by molar-refractivity contribution is 9.10. The van der Waals surface area contributed by atoms with E-state index in [9.17, 15) is 4.79 Å². The molecule has 3 aromatic carbocycles. The molecule has 0 unspecified atom stereocenters. The van der Waals surface area contributed by atoms with Gasteiger partial charge in [-0.3, -0.25) is 0 Å². The molecular weight excluding hydrogens is 524 g/mol. The van der Waals surface area contributed by atoms with Crippen LogP contribution in [-0.2, 0) is 9.53 Å². The predicted molar refractivity (Wildman–Crippen MR) is 147 cm³/mol. The molecule has 0 N–H and O–H groups in total. The first-order valence-electron chi connectivity index (χ1n) is 11.2. The third kappa shape index (κ3) is 4.51. The number of carbonyl (C=O) groups excluding carboxylic acids is 1. The van der Waals surface area contributed by atoms with E-state index in [-0.39, 0.29) is 11.7 Å². The van der Waals surface area contributed by atoms with Gasteiger partial charge in [0.05, 0.1) is 23.7 Å². The summed E-state index contributed by atoms with van der Waals surface area (Å²) in [4.78, 5) is 11.8. The normalized spacial score (nSPS) is 19.1. The van der Waals surface area contributed by atoms with Crippen LogP contribution in [0.3, 0.4) is 0 Å². The molecule has 5 rings (SSSR count). The lowest BCUT2D eigenvalue weighted by Gasteiger charge is -2.43. The molecule has 35 heavy (non-hydrogen) atoms. The third-order valence-corrected chi connectivity index (χ3v) is 7.33. The Morgan fingerprint density at radius 1 is 0.943 bits per heavy atom. The zero-order valence-electron chi connectivity index (χ0n) is 19.3. The number of ether oxygens (including phenoxy) is 1. The second-order valence-corrected chi connectivity index (χ2v) is 10.1. The van der Waals surface area contributed by atoms with Crippen molar-refractivity contribution in [2.24, 2.45) is 10.2 Å². The number of aryl methyl sites for hydroxylation is 1. The number of para-hydroxylation sites is 1. The minimum absolute atomic E-state index is 0.273. The van der Waals surface area contributed by atoms with Gasteiger partial charge in [-0.2, -0.15) is 10.2 Å². The minimum atomic E-state index is -0.939. The SMILES string of the molecule is CCOC(=O)C1=NN(c2ccc(Br)cc2)[C@]2(C=CC(c3ccc(C)cc3)=NN2c2ccccc2)S1. The monoisotopic (exact) mass is 546 g/mol. The van der Waals surface area contributed by atoms with Crippen LogP contribution in [0.1, 0.15) is 18.1 Å². The van der Waals surface area contributed by atoms with Gasteiger partial charge in [-0.15, -0.1) is 0 Å². The van der Waals surface area contributed by atoms with Gasteiger partial charge in [0, 0.05) is 10.0 Å². The summed E-state index contributed by atoms with van der Waals surface area (Å²) in [6.45, 7) is 4.13. The first-order chi connectivity index (χ1) is 17.0. The second kappa shape index (κ2) is 9.71. The molecule has 176 valence electrons. The summed E-state index contributed by atoms with van der Waals surface area (Å²) in [6.07, 6.45) is 4.04. The van der Waals surface area contributed by atoms with Crippen LogP contribution < -0.4 is 10.0 Å². The quantitative estimate of drug-likeness (QED) is 0.350. The molecule has 0 aliphatic carbocycles. The second-order valence-electron chi connectivity index (χ2n) is 8.01.